The van der Waals surface area contributed by atoms with Crippen molar-refractivity contribution in [3.05, 3.63) is 76.6 Å². The van der Waals surface area contributed by atoms with Crippen molar-refractivity contribution in [1.29, 1.82) is 0 Å². The number of carbonyl (C=O) groups excluding carboxylic acids is 1. The molecule has 1 unspecified atom stereocenters. The Kier molecular flexibility index (Phi) is 6.45. The first-order chi connectivity index (χ1) is 13.1. The van der Waals surface area contributed by atoms with Gasteiger partial charge >= 0.3 is 0 Å². The van der Waals surface area contributed by atoms with Crippen LogP contribution in [0.4, 0.5) is 0 Å². The van der Waals surface area contributed by atoms with Crippen LogP contribution in [0.25, 0.3) is 11.5 Å². The zero-order valence-corrected chi connectivity index (χ0v) is 17.1. The second kappa shape index (κ2) is 9.00. The van der Waals surface area contributed by atoms with Crippen molar-refractivity contribution in [2.75, 3.05) is 6.54 Å². The van der Waals surface area contributed by atoms with Crippen LogP contribution >= 0.6 is 15.9 Å². The predicted octanol–water partition coefficient (Wildman–Crippen LogP) is 5.65. The third-order valence-electron chi connectivity index (χ3n) is 4.51. The molecule has 1 atom stereocenters. The Bertz CT molecular complexity index is 892. The lowest BCUT2D eigenvalue weighted by atomic mass is 10.1. The van der Waals surface area contributed by atoms with Gasteiger partial charge < -0.3 is 9.32 Å². The summed E-state index contributed by atoms with van der Waals surface area (Å²) in [5, 5.41) is 0. The van der Waals surface area contributed by atoms with Crippen LogP contribution in [-0.2, 0) is 11.2 Å². The van der Waals surface area contributed by atoms with Crippen molar-refractivity contribution in [3.8, 4) is 11.5 Å². The zero-order chi connectivity index (χ0) is 19.2. The van der Waals surface area contributed by atoms with Crippen molar-refractivity contribution in [2.45, 2.75) is 32.7 Å². The van der Waals surface area contributed by atoms with Crippen LogP contribution in [0.3, 0.4) is 0 Å². The molecule has 0 bridgehead atoms. The van der Waals surface area contributed by atoms with Crippen LogP contribution in [0.5, 0.6) is 0 Å². The first-order valence-electron chi connectivity index (χ1n) is 9.14. The summed E-state index contributed by atoms with van der Waals surface area (Å²) in [5.41, 5.74) is 2.66. The van der Waals surface area contributed by atoms with E-state index < -0.39 is 0 Å². The van der Waals surface area contributed by atoms with E-state index in [1.165, 1.54) is 0 Å². The summed E-state index contributed by atoms with van der Waals surface area (Å²) in [6, 6.07) is 17.7. The standard InChI is InChI=1S/C22H23BrN2O2/c1-3-13-25(16(2)19-11-7-8-12-20(19)23)21(26)14-18-15-27-22(24-18)17-9-5-4-6-10-17/h4-12,15-16H,3,13-14H2,1-2H3. The summed E-state index contributed by atoms with van der Waals surface area (Å²) >= 11 is 3.60. The van der Waals surface area contributed by atoms with Crippen LogP contribution in [0.2, 0.25) is 0 Å². The van der Waals surface area contributed by atoms with E-state index >= 15 is 0 Å². The van der Waals surface area contributed by atoms with Gasteiger partial charge in [-0.2, -0.15) is 0 Å². The quantitative estimate of drug-likeness (QED) is 0.490. The molecule has 140 valence electrons. The normalized spacial score (nSPS) is 12.0. The highest BCUT2D eigenvalue weighted by molar-refractivity contribution is 9.10. The molecule has 0 aliphatic carbocycles. The molecule has 0 fully saturated rings. The van der Waals surface area contributed by atoms with Gasteiger partial charge in [0.2, 0.25) is 11.8 Å². The fraction of sp³-hybridized carbons (Fsp3) is 0.273. The number of aromatic nitrogens is 1. The Balaban J connectivity index is 1.76. The van der Waals surface area contributed by atoms with Crippen molar-refractivity contribution < 1.29 is 9.21 Å². The topological polar surface area (TPSA) is 46.3 Å². The molecule has 1 heterocycles. The van der Waals surface area contributed by atoms with Gasteiger partial charge in [-0.05, 0) is 37.1 Å². The molecule has 1 aromatic heterocycles. The first kappa shape index (κ1) is 19.4. The second-order valence-corrected chi connectivity index (χ2v) is 7.33. The van der Waals surface area contributed by atoms with Crippen LogP contribution in [0, 0.1) is 0 Å². The maximum atomic E-state index is 13.0. The minimum Gasteiger partial charge on any atom is -0.444 e. The molecule has 3 aromatic rings. The van der Waals surface area contributed by atoms with Crippen LogP contribution in [-0.4, -0.2) is 22.3 Å². The Labute approximate surface area is 168 Å². The van der Waals surface area contributed by atoms with Gasteiger partial charge in [0.25, 0.3) is 0 Å². The van der Waals surface area contributed by atoms with Gasteiger partial charge in [-0.15, -0.1) is 0 Å². The van der Waals surface area contributed by atoms with Crippen molar-refractivity contribution >= 4 is 21.8 Å². The molecule has 0 spiro atoms. The van der Waals surface area contributed by atoms with Crippen LogP contribution in [0.15, 0.2) is 69.8 Å². The highest BCUT2D eigenvalue weighted by atomic mass is 79.9. The maximum absolute atomic E-state index is 13.0. The first-order valence-corrected chi connectivity index (χ1v) is 9.93. The number of benzene rings is 2. The van der Waals surface area contributed by atoms with Gasteiger partial charge in [-0.1, -0.05) is 59.3 Å². The van der Waals surface area contributed by atoms with Gasteiger partial charge in [0, 0.05) is 16.6 Å². The Morgan fingerprint density at radius 1 is 1.15 bits per heavy atom. The van der Waals surface area contributed by atoms with E-state index in [-0.39, 0.29) is 18.4 Å². The van der Waals surface area contributed by atoms with E-state index in [9.17, 15) is 4.79 Å². The average Bonchev–Trinajstić information content (AvgIpc) is 3.15. The lowest BCUT2D eigenvalue weighted by molar-refractivity contribution is -0.132. The number of amides is 1. The van der Waals surface area contributed by atoms with Gasteiger partial charge in [0.15, 0.2) is 0 Å². The monoisotopic (exact) mass is 426 g/mol. The summed E-state index contributed by atoms with van der Waals surface area (Å²) in [6.07, 6.45) is 2.70. The average molecular weight is 427 g/mol. The summed E-state index contributed by atoms with van der Waals surface area (Å²) in [5.74, 6) is 0.590. The van der Waals surface area contributed by atoms with E-state index in [2.05, 4.69) is 34.8 Å². The fourth-order valence-corrected chi connectivity index (χ4v) is 3.73. The highest BCUT2D eigenvalue weighted by Crippen LogP contribution is 2.28. The summed E-state index contributed by atoms with van der Waals surface area (Å²) in [4.78, 5) is 19.4. The number of carbonyl (C=O) groups is 1. The number of nitrogens with zero attached hydrogens (tertiary/aromatic N) is 2. The molecule has 0 saturated heterocycles. The van der Waals surface area contributed by atoms with Gasteiger partial charge in [0.05, 0.1) is 18.2 Å². The molecular formula is C22H23BrN2O2. The number of hydrogen-bond acceptors (Lipinski definition) is 3. The van der Waals surface area contributed by atoms with Crippen molar-refractivity contribution in [1.82, 2.24) is 9.88 Å². The summed E-state index contributed by atoms with van der Waals surface area (Å²) < 4.78 is 6.58. The Hall–Kier alpha value is -2.40. The summed E-state index contributed by atoms with van der Waals surface area (Å²) in [7, 11) is 0. The van der Waals surface area contributed by atoms with E-state index in [0.717, 1.165) is 22.0 Å². The zero-order valence-electron chi connectivity index (χ0n) is 15.6. The second-order valence-electron chi connectivity index (χ2n) is 6.47. The van der Waals surface area contributed by atoms with Gasteiger partial charge in [0.1, 0.15) is 6.26 Å². The smallest absolute Gasteiger partial charge is 0.229 e. The van der Waals surface area contributed by atoms with E-state index in [1.807, 2.05) is 59.5 Å². The molecule has 27 heavy (non-hydrogen) atoms. The largest absolute Gasteiger partial charge is 0.444 e. The number of halogens is 1. The molecule has 2 aromatic carbocycles. The molecule has 0 saturated carbocycles. The maximum Gasteiger partial charge on any atom is 0.229 e. The Morgan fingerprint density at radius 3 is 2.56 bits per heavy atom. The molecule has 0 N–H and O–H groups in total. The van der Waals surface area contributed by atoms with E-state index in [1.54, 1.807) is 6.26 Å². The van der Waals surface area contributed by atoms with E-state index in [4.69, 9.17) is 4.42 Å². The summed E-state index contributed by atoms with van der Waals surface area (Å²) in [6.45, 7) is 4.84. The number of hydrogen-bond donors (Lipinski definition) is 0. The van der Waals surface area contributed by atoms with Gasteiger partial charge in [-0.3, -0.25) is 4.79 Å². The molecule has 0 aliphatic heterocycles. The predicted molar refractivity (Wildman–Crippen MR) is 110 cm³/mol. The SMILES string of the molecule is CCCN(C(=O)Cc1coc(-c2ccccc2)n1)C(C)c1ccccc1Br. The number of rotatable bonds is 7. The van der Waals surface area contributed by atoms with Crippen LogP contribution in [0.1, 0.15) is 37.6 Å². The van der Waals surface area contributed by atoms with Crippen molar-refractivity contribution in [3.63, 3.8) is 0 Å². The fourth-order valence-electron chi connectivity index (χ4n) is 3.12. The van der Waals surface area contributed by atoms with Crippen LogP contribution < -0.4 is 0 Å². The molecular weight excluding hydrogens is 404 g/mol. The van der Waals surface area contributed by atoms with Crippen molar-refractivity contribution in [2.24, 2.45) is 0 Å². The molecule has 4 nitrogen and oxygen atoms in total. The third-order valence-corrected chi connectivity index (χ3v) is 5.23. The number of oxazole rings is 1. The lowest BCUT2D eigenvalue weighted by Crippen LogP contribution is -2.35. The Morgan fingerprint density at radius 2 is 1.85 bits per heavy atom. The molecule has 1 amide bonds. The molecule has 0 aliphatic rings. The molecule has 5 heteroatoms. The lowest BCUT2D eigenvalue weighted by Gasteiger charge is -2.30. The highest BCUT2D eigenvalue weighted by Gasteiger charge is 2.23. The van der Waals surface area contributed by atoms with E-state index in [0.29, 0.717) is 18.1 Å². The molecule has 0 radical (unpaired) electrons. The minimum absolute atomic E-state index is 0.0199. The van der Waals surface area contributed by atoms with Gasteiger partial charge in [-0.25, -0.2) is 4.98 Å². The molecule has 3 rings (SSSR count). The minimum atomic E-state index is -0.0199. The third kappa shape index (κ3) is 4.66.